The molecule has 2 amide bonds. The number of nitrogens with one attached hydrogen (secondary N) is 1. The predicted molar refractivity (Wildman–Crippen MR) is 183 cm³/mol. The molecule has 0 radical (unpaired) electrons. The first-order valence-electron chi connectivity index (χ1n) is 16.9. The maximum atomic E-state index is 14.3. The molecular formula is C38H48F3N3O5. The Kier molecular flexibility index (Phi) is 13.6. The average molecular weight is 684 g/mol. The maximum Gasteiger partial charge on any atom is 0.416 e. The third-order valence-electron chi connectivity index (χ3n) is 8.77. The van der Waals surface area contributed by atoms with Crippen LogP contribution in [0.2, 0.25) is 0 Å². The van der Waals surface area contributed by atoms with Crippen molar-refractivity contribution in [1.29, 1.82) is 0 Å². The molecule has 0 bridgehead atoms. The van der Waals surface area contributed by atoms with Crippen molar-refractivity contribution < 1.29 is 37.3 Å². The number of fused-ring (bicyclic) bond motifs is 1. The minimum atomic E-state index is -4.39. The number of aliphatic hydroxyl groups excluding tert-OH is 1. The molecule has 266 valence electrons. The molecule has 49 heavy (non-hydrogen) atoms. The van der Waals surface area contributed by atoms with E-state index in [-0.39, 0.29) is 55.1 Å². The second-order valence-electron chi connectivity index (χ2n) is 13.1. The van der Waals surface area contributed by atoms with Crippen LogP contribution in [0.25, 0.3) is 0 Å². The summed E-state index contributed by atoms with van der Waals surface area (Å²) in [6.07, 6.45) is -2.34. The normalized spacial score (nSPS) is 20.2. The van der Waals surface area contributed by atoms with E-state index in [1.165, 1.54) is 12.1 Å². The molecule has 8 nitrogen and oxygen atoms in total. The number of aliphatic hydroxyl groups is 1. The summed E-state index contributed by atoms with van der Waals surface area (Å²) in [7, 11) is 1.89. The van der Waals surface area contributed by atoms with Crippen molar-refractivity contribution >= 4 is 17.5 Å². The van der Waals surface area contributed by atoms with Gasteiger partial charge in [-0.2, -0.15) is 13.2 Å². The lowest BCUT2D eigenvalue weighted by Gasteiger charge is -2.36. The summed E-state index contributed by atoms with van der Waals surface area (Å²) in [5.41, 5.74) is 1.66. The molecule has 1 aliphatic rings. The van der Waals surface area contributed by atoms with E-state index in [1.54, 1.807) is 30.0 Å². The molecule has 0 aromatic heterocycles. The monoisotopic (exact) mass is 683 g/mol. The Morgan fingerprint density at radius 2 is 1.76 bits per heavy atom. The Morgan fingerprint density at radius 3 is 2.43 bits per heavy atom. The van der Waals surface area contributed by atoms with Gasteiger partial charge in [-0.1, -0.05) is 49.4 Å². The van der Waals surface area contributed by atoms with Gasteiger partial charge in [0.05, 0.1) is 42.4 Å². The number of rotatable bonds is 9. The number of carbonyl (C=O) groups excluding carboxylic acids is 2. The van der Waals surface area contributed by atoms with Gasteiger partial charge < -0.3 is 24.8 Å². The van der Waals surface area contributed by atoms with E-state index < -0.39 is 17.8 Å². The molecule has 0 fully saturated rings. The van der Waals surface area contributed by atoms with E-state index in [4.69, 9.17) is 9.47 Å². The highest BCUT2D eigenvalue weighted by Gasteiger charge is 2.32. The van der Waals surface area contributed by atoms with Gasteiger partial charge in [0.15, 0.2) is 0 Å². The molecule has 4 rings (SSSR count). The van der Waals surface area contributed by atoms with Crippen LogP contribution in [0.4, 0.5) is 18.9 Å². The highest BCUT2D eigenvalue weighted by Crippen LogP contribution is 2.30. The zero-order chi connectivity index (χ0) is 35.6. The van der Waals surface area contributed by atoms with Crippen molar-refractivity contribution in [3.63, 3.8) is 0 Å². The molecule has 0 saturated carbocycles. The van der Waals surface area contributed by atoms with Crippen molar-refractivity contribution in [2.24, 2.45) is 5.92 Å². The molecule has 3 aromatic carbocycles. The highest BCUT2D eigenvalue weighted by atomic mass is 19.4. The average Bonchev–Trinajstić information content (AvgIpc) is 3.06. The van der Waals surface area contributed by atoms with E-state index in [1.807, 2.05) is 56.1 Å². The number of hydrogen-bond acceptors (Lipinski definition) is 6. The number of amides is 2. The van der Waals surface area contributed by atoms with E-state index in [0.29, 0.717) is 31.1 Å². The molecule has 1 heterocycles. The van der Waals surface area contributed by atoms with Crippen molar-refractivity contribution in [2.75, 3.05) is 38.7 Å². The predicted octanol–water partition coefficient (Wildman–Crippen LogP) is 6.81. The molecule has 0 saturated heterocycles. The standard InChI is InChI=1S/C38H48F3N3O5/c1-26-22-44(27(2)25-45)37(47)33-21-32(42-36(46)20-29-11-6-5-7-12-29)17-18-34(33)49-28(3)10-8-9-19-48-35(26)24-43(4)23-30-13-15-31(16-14-30)38(39,40)41/h5-7,11-18,21,26-28,35,45H,8-10,19-20,22-25H2,1-4H3,(H,42,46)/t26-,27-,28+,35+/m1/s1. The third-order valence-corrected chi connectivity index (χ3v) is 8.77. The molecule has 1 aliphatic heterocycles. The van der Waals surface area contributed by atoms with Crippen LogP contribution in [0.15, 0.2) is 72.8 Å². The van der Waals surface area contributed by atoms with Gasteiger partial charge in [-0.3, -0.25) is 14.5 Å². The van der Waals surface area contributed by atoms with Crippen molar-refractivity contribution in [1.82, 2.24) is 9.80 Å². The largest absolute Gasteiger partial charge is 0.490 e. The third kappa shape index (κ3) is 11.3. The number of nitrogens with zero attached hydrogens (tertiary/aromatic N) is 2. The van der Waals surface area contributed by atoms with E-state index >= 15 is 0 Å². The Balaban J connectivity index is 1.56. The molecule has 0 aliphatic carbocycles. The molecule has 4 atom stereocenters. The van der Waals surface area contributed by atoms with Gasteiger partial charge in [0.1, 0.15) is 5.75 Å². The van der Waals surface area contributed by atoms with Gasteiger partial charge in [-0.25, -0.2) is 0 Å². The molecule has 0 spiro atoms. The smallest absolute Gasteiger partial charge is 0.416 e. The summed E-state index contributed by atoms with van der Waals surface area (Å²) in [5.74, 6) is -0.331. The number of anilines is 1. The Labute approximate surface area is 287 Å². The fourth-order valence-corrected chi connectivity index (χ4v) is 5.93. The number of likely N-dealkylation sites (N-methyl/N-ethyl adjacent to an activating group) is 1. The summed E-state index contributed by atoms with van der Waals surface area (Å²) < 4.78 is 51.9. The van der Waals surface area contributed by atoms with Crippen LogP contribution in [-0.2, 0) is 28.7 Å². The fraction of sp³-hybridized carbons (Fsp3) is 0.474. The number of ether oxygens (including phenoxy) is 2. The first-order chi connectivity index (χ1) is 23.3. The fourth-order valence-electron chi connectivity index (χ4n) is 5.93. The first kappa shape index (κ1) is 37.9. The van der Waals surface area contributed by atoms with Gasteiger partial charge in [-0.15, -0.1) is 0 Å². The lowest BCUT2D eigenvalue weighted by Crippen LogP contribution is -2.47. The van der Waals surface area contributed by atoms with Gasteiger partial charge in [0.2, 0.25) is 5.91 Å². The van der Waals surface area contributed by atoms with E-state index in [0.717, 1.165) is 42.5 Å². The lowest BCUT2D eigenvalue weighted by molar-refractivity contribution is -0.137. The quantitative estimate of drug-likeness (QED) is 0.258. The number of hydrogen-bond donors (Lipinski definition) is 2. The zero-order valence-electron chi connectivity index (χ0n) is 28.7. The summed E-state index contributed by atoms with van der Waals surface area (Å²) >= 11 is 0. The summed E-state index contributed by atoms with van der Waals surface area (Å²) in [5, 5.41) is 13.1. The second kappa shape index (κ2) is 17.6. The summed E-state index contributed by atoms with van der Waals surface area (Å²) in [6, 6.07) is 19.1. The molecule has 0 unspecified atom stereocenters. The van der Waals surface area contributed by atoms with Crippen molar-refractivity contribution in [2.45, 2.75) is 77.4 Å². The maximum absolute atomic E-state index is 14.3. The van der Waals surface area contributed by atoms with Gasteiger partial charge in [0, 0.05) is 37.8 Å². The molecule has 2 N–H and O–H groups in total. The molecular weight excluding hydrogens is 635 g/mol. The van der Waals surface area contributed by atoms with Crippen LogP contribution >= 0.6 is 0 Å². The minimum Gasteiger partial charge on any atom is -0.490 e. The topological polar surface area (TPSA) is 91.3 Å². The van der Waals surface area contributed by atoms with Gasteiger partial charge in [-0.05, 0) is 81.6 Å². The summed E-state index contributed by atoms with van der Waals surface area (Å²) in [4.78, 5) is 30.9. The van der Waals surface area contributed by atoms with Crippen LogP contribution in [0.1, 0.15) is 67.1 Å². The number of alkyl halides is 3. The van der Waals surface area contributed by atoms with Gasteiger partial charge >= 0.3 is 6.18 Å². The lowest BCUT2D eigenvalue weighted by atomic mass is 10.0. The van der Waals surface area contributed by atoms with Gasteiger partial charge in [0.25, 0.3) is 5.91 Å². The molecule has 3 aromatic rings. The van der Waals surface area contributed by atoms with Crippen LogP contribution in [0, 0.1) is 5.92 Å². The number of benzene rings is 3. The number of halogens is 3. The van der Waals surface area contributed by atoms with E-state index in [2.05, 4.69) is 5.32 Å². The van der Waals surface area contributed by atoms with Crippen LogP contribution in [0.5, 0.6) is 5.75 Å². The minimum absolute atomic E-state index is 0.173. The Bertz CT molecular complexity index is 1500. The Hall–Kier alpha value is -3.93. The van der Waals surface area contributed by atoms with Crippen LogP contribution in [0.3, 0.4) is 0 Å². The SMILES string of the molecule is C[C@@H]1CN([C@H](C)CO)C(=O)c2cc(NC(=O)Cc3ccccc3)ccc2O[C@@H](C)CCCCO[C@H]1CN(C)Cc1ccc(C(F)(F)F)cc1. The zero-order valence-corrected chi connectivity index (χ0v) is 28.7. The van der Waals surface area contributed by atoms with Crippen molar-refractivity contribution in [3.8, 4) is 5.75 Å². The number of carbonyl (C=O) groups is 2. The van der Waals surface area contributed by atoms with Crippen molar-refractivity contribution in [3.05, 3.63) is 95.1 Å². The highest BCUT2D eigenvalue weighted by molar-refractivity contribution is 6.00. The van der Waals surface area contributed by atoms with Crippen LogP contribution < -0.4 is 10.1 Å². The first-order valence-corrected chi connectivity index (χ1v) is 16.9. The van der Waals surface area contributed by atoms with E-state index in [9.17, 15) is 27.9 Å². The summed E-state index contributed by atoms with van der Waals surface area (Å²) in [6.45, 7) is 7.11. The second-order valence-corrected chi connectivity index (χ2v) is 13.1. The Morgan fingerprint density at radius 1 is 1.04 bits per heavy atom. The molecule has 11 heteroatoms. The van der Waals surface area contributed by atoms with Crippen LogP contribution in [-0.4, -0.2) is 78.3 Å².